The normalized spacial score (nSPS) is 20.1. The van der Waals surface area contributed by atoms with Gasteiger partial charge in [-0.3, -0.25) is 4.98 Å². The molecule has 164 valence electrons. The van der Waals surface area contributed by atoms with Crippen LogP contribution in [0.1, 0.15) is 46.5 Å². The summed E-state index contributed by atoms with van der Waals surface area (Å²) in [6.07, 6.45) is 6.67. The zero-order chi connectivity index (χ0) is 21.8. The Hall–Kier alpha value is -2.19. The Morgan fingerprint density at radius 1 is 1.10 bits per heavy atom. The minimum absolute atomic E-state index is 0.289. The second kappa shape index (κ2) is 9.31. The van der Waals surface area contributed by atoms with E-state index in [0.29, 0.717) is 30.3 Å². The van der Waals surface area contributed by atoms with Gasteiger partial charge in [-0.15, -0.1) is 0 Å². The lowest BCUT2D eigenvalue weighted by Crippen LogP contribution is -2.37. The van der Waals surface area contributed by atoms with E-state index >= 15 is 0 Å². The number of hydrogen-bond donors (Lipinski definition) is 2. The molecule has 0 bridgehead atoms. The van der Waals surface area contributed by atoms with Crippen molar-refractivity contribution in [2.45, 2.75) is 57.0 Å². The zero-order valence-electron chi connectivity index (χ0n) is 17.8. The molecule has 3 rings (SSSR count). The van der Waals surface area contributed by atoms with Gasteiger partial charge in [-0.25, -0.2) is 17.9 Å². The lowest BCUT2D eigenvalue weighted by atomic mass is 9.82. The van der Waals surface area contributed by atoms with Crippen LogP contribution in [0.3, 0.4) is 0 Å². The summed E-state index contributed by atoms with van der Waals surface area (Å²) in [4.78, 5) is 16.1. The Kier molecular flexibility index (Phi) is 6.98. The molecule has 8 heteroatoms. The van der Waals surface area contributed by atoms with Crippen LogP contribution in [0.25, 0.3) is 10.8 Å². The molecule has 1 saturated carbocycles. The average Bonchev–Trinajstić information content (AvgIpc) is 2.70. The minimum atomic E-state index is -3.59. The molecule has 0 unspecified atom stereocenters. The van der Waals surface area contributed by atoms with E-state index in [1.54, 1.807) is 30.6 Å². The van der Waals surface area contributed by atoms with Crippen LogP contribution < -0.4 is 10.0 Å². The molecule has 0 atom stereocenters. The average molecular weight is 434 g/mol. The van der Waals surface area contributed by atoms with Crippen molar-refractivity contribution in [2.75, 3.05) is 13.1 Å². The van der Waals surface area contributed by atoms with E-state index in [2.05, 4.69) is 15.0 Å². The van der Waals surface area contributed by atoms with Crippen LogP contribution in [-0.2, 0) is 14.8 Å². The number of ether oxygens (including phenoxy) is 1. The number of nitrogens with one attached hydrogen (secondary N) is 2. The molecule has 1 heterocycles. The molecular weight excluding hydrogens is 402 g/mol. The highest BCUT2D eigenvalue weighted by atomic mass is 32.2. The van der Waals surface area contributed by atoms with Gasteiger partial charge in [0.25, 0.3) is 0 Å². The van der Waals surface area contributed by atoms with Gasteiger partial charge in [-0.05, 0) is 70.4 Å². The fraction of sp³-hybridized carbons (Fsp3) is 0.545. The summed E-state index contributed by atoms with van der Waals surface area (Å²) in [5.74, 6) is 0.699. The maximum absolute atomic E-state index is 12.9. The van der Waals surface area contributed by atoms with Gasteiger partial charge in [-0.1, -0.05) is 12.1 Å². The summed E-state index contributed by atoms with van der Waals surface area (Å²) in [6.45, 7) is 6.54. The third-order valence-electron chi connectivity index (χ3n) is 5.39. The van der Waals surface area contributed by atoms with E-state index in [4.69, 9.17) is 4.74 Å². The first kappa shape index (κ1) is 22.5. The van der Waals surface area contributed by atoms with Gasteiger partial charge in [0.1, 0.15) is 5.60 Å². The number of nitrogens with zero attached hydrogens (tertiary/aromatic N) is 1. The molecule has 1 aliphatic carbocycles. The number of carbonyl (C=O) groups is 1. The fourth-order valence-electron chi connectivity index (χ4n) is 3.81. The van der Waals surface area contributed by atoms with E-state index in [1.165, 1.54) is 0 Å². The van der Waals surface area contributed by atoms with Crippen LogP contribution in [0, 0.1) is 11.8 Å². The third-order valence-corrected chi connectivity index (χ3v) is 6.87. The predicted molar refractivity (Wildman–Crippen MR) is 117 cm³/mol. The number of hydrogen-bond acceptors (Lipinski definition) is 5. The Morgan fingerprint density at radius 2 is 1.77 bits per heavy atom. The Bertz CT molecular complexity index is 972. The summed E-state index contributed by atoms with van der Waals surface area (Å²) in [5, 5.41) is 4.32. The van der Waals surface area contributed by atoms with Gasteiger partial charge in [0, 0.05) is 36.3 Å². The number of carbonyl (C=O) groups excluding carboxylic acids is 1. The highest BCUT2D eigenvalue weighted by Crippen LogP contribution is 2.29. The molecule has 0 saturated heterocycles. The van der Waals surface area contributed by atoms with Crippen molar-refractivity contribution in [3.05, 3.63) is 36.7 Å². The van der Waals surface area contributed by atoms with Crippen molar-refractivity contribution in [3.63, 3.8) is 0 Å². The molecule has 1 fully saturated rings. The van der Waals surface area contributed by atoms with Crippen LogP contribution in [0.5, 0.6) is 0 Å². The lowest BCUT2D eigenvalue weighted by molar-refractivity contribution is 0.0513. The maximum Gasteiger partial charge on any atom is 0.407 e. The van der Waals surface area contributed by atoms with Crippen LogP contribution in [0.2, 0.25) is 0 Å². The quantitative estimate of drug-likeness (QED) is 0.721. The Balaban J connectivity index is 1.48. The summed E-state index contributed by atoms with van der Waals surface area (Å²) in [5.41, 5.74) is -0.501. The first-order chi connectivity index (χ1) is 14.1. The molecule has 30 heavy (non-hydrogen) atoms. The van der Waals surface area contributed by atoms with Crippen LogP contribution in [-0.4, -0.2) is 38.2 Å². The topological polar surface area (TPSA) is 97.4 Å². The number of benzene rings is 1. The second-order valence-electron chi connectivity index (χ2n) is 8.97. The second-order valence-corrected chi connectivity index (χ2v) is 10.7. The smallest absolute Gasteiger partial charge is 0.407 e. The molecule has 0 radical (unpaired) electrons. The summed E-state index contributed by atoms with van der Waals surface area (Å²) in [7, 11) is -3.59. The predicted octanol–water partition coefficient (Wildman–Crippen LogP) is 3.84. The molecular formula is C22H31N3O4S. The molecule has 0 spiro atoms. The van der Waals surface area contributed by atoms with Gasteiger partial charge >= 0.3 is 6.09 Å². The van der Waals surface area contributed by atoms with Gasteiger partial charge in [-0.2, -0.15) is 0 Å². The number of fused-ring (bicyclic) bond motifs is 1. The van der Waals surface area contributed by atoms with E-state index in [9.17, 15) is 13.2 Å². The van der Waals surface area contributed by atoms with Crippen molar-refractivity contribution >= 4 is 26.9 Å². The first-order valence-electron chi connectivity index (χ1n) is 10.4. The minimum Gasteiger partial charge on any atom is -0.444 e. The summed E-state index contributed by atoms with van der Waals surface area (Å²) in [6, 6.07) is 6.95. The first-order valence-corrected chi connectivity index (χ1v) is 11.9. The number of alkyl carbamates (subject to hydrolysis) is 1. The van der Waals surface area contributed by atoms with Crippen molar-refractivity contribution < 1.29 is 17.9 Å². The molecule has 7 nitrogen and oxygen atoms in total. The van der Waals surface area contributed by atoms with Crippen molar-refractivity contribution in [1.82, 2.24) is 15.0 Å². The molecule has 2 N–H and O–H groups in total. The highest BCUT2D eigenvalue weighted by molar-refractivity contribution is 7.89. The zero-order valence-corrected chi connectivity index (χ0v) is 18.7. The summed E-state index contributed by atoms with van der Waals surface area (Å²) < 4.78 is 33.8. The largest absolute Gasteiger partial charge is 0.444 e. The number of rotatable bonds is 6. The van der Waals surface area contributed by atoms with Gasteiger partial charge < -0.3 is 10.1 Å². The van der Waals surface area contributed by atoms with Crippen LogP contribution >= 0.6 is 0 Å². The number of aromatic nitrogens is 1. The standard InChI is InChI=1S/C22H31N3O4S/c1-22(2,3)29-21(26)24-13-16-7-9-17(10-8-16)14-25-30(27,28)20-6-4-5-18-15-23-12-11-19(18)20/h4-6,11-12,15-17,25H,7-10,13-14H2,1-3H3,(H,24,26)/t16-,17-. The fourth-order valence-corrected chi connectivity index (χ4v) is 5.16. The van der Waals surface area contributed by atoms with Gasteiger partial charge in [0.2, 0.25) is 10.0 Å². The summed E-state index contributed by atoms with van der Waals surface area (Å²) >= 11 is 0. The molecule has 1 amide bonds. The monoisotopic (exact) mass is 433 g/mol. The Morgan fingerprint density at radius 3 is 2.43 bits per heavy atom. The number of sulfonamides is 1. The Labute approximate surface area is 178 Å². The van der Waals surface area contributed by atoms with E-state index < -0.39 is 15.6 Å². The van der Waals surface area contributed by atoms with Gasteiger partial charge in [0.05, 0.1) is 4.90 Å². The number of pyridine rings is 1. The third kappa shape index (κ3) is 6.15. The van der Waals surface area contributed by atoms with E-state index in [1.807, 2.05) is 26.8 Å². The van der Waals surface area contributed by atoms with Crippen LogP contribution in [0.15, 0.2) is 41.6 Å². The van der Waals surface area contributed by atoms with E-state index in [0.717, 1.165) is 31.1 Å². The molecule has 2 aromatic rings. The number of amides is 1. The SMILES string of the molecule is CC(C)(C)OC(=O)NC[C@H]1CC[C@H](CNS(=O)(=O)c2cccc3cnccc23)CC1. The van der Waals surface area contributed by atoms with Crippen molar-refractivity contribution in [2.24, 2.45) is 11.8 Å². The van der Waals surface area contributed by atoms with Crippen LogP contribution in [0.4, 0.5) is 4.79 Å². The highest BCUT2D eigenvalue weighted by Gasteiger charge is 2.25. The molecule has 0 aliphatic heterocycles. The van der Waals surface area contributed by atoms with Crippen molar-refractivity contribution in [1.29, 1.82) is 0 Å². The molecule has 1 aliphatic rings. The lowest BCUT2D eigenvalue weighted by Gasteiger charge is -2.29. The molecule has 1 aromatic heterocycles. The maximum atomic E-state index is 12.9. The van der Waals surface area contributed by atoms with Gasteiger partial charge in [0.15, 0.2) is 0 Å². The van der Waals surface area contributed by atoms with Crippen molar-refractivity contribution in [3.8, 4) is 0 Å². The van der Waals surface area contributed by atoms with E-state index in [-0.39, 0.29) is 11.0 Å². The molecule has 1 aromatic carbocycles.